The number of nitrogen functional groups attached to an aromatic ring is 1. The number of rotatable bonds is 2. The molecule has 0 amide bonds. The lowest BCUT2D eigenvalue weighted by atomic mass is 10.1. The fraction of sp³-hybridized carbons (Fsp3) is 0.0714. The number of nitrogens with one attached hydrogen (secondary N) is 1. The van der Waals surface area contributed by atoms with E-state index >= 15 is 0 Å². The summed E-state index contributed by atoms with van der Waals surface area (Å²) < 4.78 is 13.1. The number of nitrogens with two attached hydrogens (primary N) is 1. The first-order chi connectivity index (χ1) is 8.60. The van der Waals surface area contributed by atoms with Crippen LogP contribution in [0.15, 0.2) is 36.4 Å². The monoisotopic (exact) mass is 241 g/mol. The van der Waals surface area contributed by atoms with Crippen LogP contribution in [0.1, 0.15) is 11.1 Å². The van der Waals surface area contributed by atoms with Gasteiger partial charge in [0.15, 0.2) is 0 Å². The van der Waals surface area contributed by atoms with Crippen molar-refractivity contribution in [2.45, 2.75) is 6.92 Å². The molecule has 2 aromatic carbocycles. The molecule has 18 heavy (non-hydrogen) atoms. The highest BCUT2D eigenvalue weighted by Crippen LogP contribution is 2.26. The van der Waals surface area contributed by atoms with Gasteiger partial charge in [-0.15, -0.1) is 0 Å². The fourth-order valence-corrected chi connectivity index (χ4v) is 1.61. The molecule has 0 spiro atoms. The molecule has 2 aromatic rings. The van der Waals surface area contributed by atoms with Crippen LogP contribution in [0.3, 0.4) is 0 Å². The van der Waals surface area contributed by atoms with Gasteiger partial charge in [0.05, 0.1) is 23.0 Å². The molecule has 0 fully saturated rings. The molecule has 3 nitrogen and oxygen atoms in total. The summed E-state index contributed by atoms with van der Waals surface area (Å²) in [4.78, 5) is 0. The molecule has 3 N–H and O–H groups in total. The summed E-state index contributed by atoms with van der Waals surface area (Å²) in [6, 6.07) is 11.5. The molecule has 4 heteroatoms. The van der Waals surface area contributed by atoms with Gasteiger partial charge in [-0.3, -0.25) is 0 Å². The molecule has 0 saturated carbocycles. The van der Waals surface area contributed by atoms with Gasteiger partial charge < -0.3 is 11.1 Å². The van der Waals surface area contributed by atoms with Gasteiger partial charge in [-0.05, 0) is 42.8 Å². The zero-order valence-corrected chi connectivity index (χ0v) is 9.87. The summed E-state index contributed by atoms with van der Waals surface area (Å²) >= 11 is 0. The number of nitriles is 1. The van der Waals surface area contributed by atoms with E-state index in [1.54, 1.807) is 12.1 Å². The minimum Gasteiger partial charge on any atom is -0.397 e. The highest BCUT2D eigenvalue weighted by Gasteiger charge is 2.05. The van der Waals surface area contributed by atoms with Gasteiger partial charge in [0.25, 0.3) is 0 Å². The van der Waals surface area contributed by atoms with Crippen LogP contribution in [-0.4, -0.2) is 0 Å². The molecule has 0 aromatic heterocycles. The number of anilines is 3. The Morgan fingerprint density at radius 2 is 1.94 bits per heavy atom. The van der Waals surface area contributed by atoms with Crippen LogP contribution < -0.4 is 11.1 Å². The number of hydrogen-bond donors (Lipinski definition) is 2. The highest BCUT2D eigenvalue weighted by atomic mass is 19.1. The van der Waals surface area contributed by atoms with E-state index in [1.807, 2.05) is 13.0 Å². The normalized spacial score (nSPS) is 9.83. The predicted octanol–water partition coefficient (Wildman–Crippen LogP) is 3.33. The summed E-state index contributed by atoms with van der Waals surface area (Å²) in [5, 5.41) is 11.9. The Morgan fingerprint density at radius 3 is 2.67 bits per heavy atom. The minimum atomic E-state index is -0.360. The number of halogens is 1. The topological polar surface area (TPSA) is 61.8 Å². The Bertz CT molecular complexity index is 629. The van der Waals surface area contributed by atoms with Crippen LogP contribution in [0.5, 0.6) is 0 Å². The largest absolute Gasteiger partial charge is 0.397 e. The molecule has 0 aliphatic carbocycles. The van der Waals surface area contributed by atoms with Crippen molar-refractivity contribution in [1.29, 1.82) is 5.26 Å². The molecule has 0 unspecified atom stereocenters. The maximum Gasteiger partial charge on any atom is 0.125 e. The zero-order chi connectivity index (χ0) is 13.1. The smallest absolute Gasteiger partial charge is 0.125 e. The Morgan fingerprint density at radius 1 is 1.17 bits per heavy atom. The Balaban J connectivity index is 2.39. The number of aryl methyl sites for hydroxylation is 1. The summed E-state index contributed by atoms with van der Waals surface area (Å²) in [6.07, 6.45) is 0. The Kier molecular flexibility index (Phi) is 3.16. The van der Waals surface area contributed by atoms with Crippen LogP contribution in [0.25, 0.3) is 0 Å². The lowest BCUT2D eigenvalue weighted by Gasteiger charge is -2.12. The summed E-state index contributed by atoms with van der Waals surface area (Å²) in [5.41, 5.74) is 8.95. The van der Waals surface area contributed by atoms with E-state index in [2.05, 4.69) is 11.4 Å². The second-order valence-corrected chi connectivity index (χ2v) is 4.00. The third-order valence-electron chi connectivity index (χ3n) is 2.65. The molecule has 0 aliphatic heterocycles. The molecule has 0 radical (unpaired) electrons. The van der Waals surface area contributed by atoms with Crippen LogP contribution in [0.2, 0.25) is 0 Å². The first-order valence-electron chi connectivity index (χ1n) is 5.43. The van der Waals surface area contributed by atoms with Gasteiger partial charge in [-0.1, -0.05) is 6.07 Å². The molecule has 0 atom stereocenters. The minimum absolute atomic E-state index is 0.360. The average molecular weight is 241 g/mol. The van der Waals surface area contributed by atoms with Crippen molar-refractivity contribution in [2.24, 2.45) is 0 Å². The van der Waals surface area contributed by atoms with E-state index in [-0.39, 0.29) is 5.82 Å². The second kappa shape index (κ2) is 4.76. The average Bonchev–Trinajstić information content (AvgIpc) is 2.36. The third kappa shape index (κ3) is 2.41. The molecular weight excluding hydrogens is 229 g/mol. The quantitative estimate of drug-likeness (QED) is 0.793. The molecule has 0 saturated heterocycles. The zero-order valence-electron chi connectivity index (χ0n) is 9.87. The lowest BCUT2D eigenvalue weighted by molar-refractivity contribution is 0.628. The maximum atomic E-state index is 13.1. The highest BCUT2D eigenvalue weighted by molar-refractivity contribution is 5.74. The van der Waals surface area contributed by atoms with E-state index in [4.69, 9.17) is 11.0 Å². The van der Waals surface area contributed by atoms with Crippen molar-refractivity contribution in [3.8, 4) is 6.07 Å². The van der Waals surface area contributed by atoms with Crippen LogP contribution in [0, 0.1) is 24.1 Å². The summed E-state index contributed by atoms with van der Waals surface area (Å²) in [5.74, 6) is -0.360. The first kappa shape index (κ1) is 11.9. The Labute approximate surface area is 105 Å². The second-order valence-electron chi connectivity index (χ2n) is 4.00. The van der Waals surface area contributed by atoms with Crippen molar-refractivity contribution >= 4 is 17.1 Å². The van der Waals surface area contributed by atoms with Crippen LogP contribution >= 0.6 is 0 Å². The fourth-order valence-electron chi connectivity index (χ4n) is 1.61. The van der Waals surface area contributed by atoms with Crippen molar-refractivity contribution in [3.63, 3.8) is 0 Å². The lowest BCUT2D eigenvalue weighted by Crippen LogP contribution is -1.99. The number of benzene rings is 2. The molecule has 0 bridgehead atoms. The van der Waals surface area contributed by atoms with Crippen molar-refractivity contribution in [1.82, 2.24) is 0 Å². The third-order valence-corrected chi connectivity index (χ3v) is 2.65. The maximum absolute atomic E-state index is 13.1. The van der Waals surface area contributed by atoms with Gasteiger partial charge in [-0.25, -0.2) is 4.39 Å². The number of nitrogens with zero attached hydrogens (tertiary/aromatic N) is 1. The van der Waals surface area contributed by atoms with Crippen molar-refractivity contribution < 1.29 is 4.39 Å². The molecule has 2 rings (SSSR count). The van der Waals surface area contributed by atoms with Crippen LogP contribution in [-0.2, 0) is 0 Å². The molecular formula is C14H12FN3. The first-order valence-corrected chi connectivity index (χ1v) is 5.43. The predicted molar refractivity (Wildman–Crippen MR) is 70.0 cm³/mol. The molecule has 0 aliphatic rings. The van der Waals surface area contributed by atoms with E-state index < -0.39 is 0 Å². The van der Waals surface area contributed by atoms with Crippen molar-refractivity contribution in [2.75, 3.05) is 11.1 Å². The summed E-state index contributed by atoms with van der Waals surface area (Å²) in [6.45, 7) is 1.90. The standard InChI is InChI=1S/C14H12FN3/c1-9-2-3-10(8-16)6-13(9)18-14-7-11(15)4-5-12(14)17/h2-7,18H,17H2,1H3. The van der Waals surface area contributed by atoms with Gasteiger partial charge in [0.2, 0.25) is 0 Å². The van der Waals surface area contributed by atoms with Gasteiger partial charge >= 0.3 is 0 Å². The van der Waals surface area contributed by atoms with E-state index in [9.17, 15) is 4.39 Å². The van der Waals surface area contributed by atoms with E-state index in [0.717, 1.165) is 11.3 Å². The van der Waals surface area contributed by atoms with E-state index in [0.29, 0.717) is 16.9 Å². The number of hydrogen-bond acceptors (Lipinski definition) is 3. The van der Waals surface area contributed by atoms with Gasteiger partial charge in [-0.2, -0.15) is 5.26 Å². The molecule has 0 heterocycles. The van der Waals surface area contributed by atoms with E-state index in [1.165, 1.54) is 18.2 Å². The van der Waals surface area contributed by atoms with Crippen molar-refractivity contribution in [3.05, 3.63) is 53.3 Å². The summed E-state index contributed by atoms with van der Waals surface area (Å²) in [7, 11) is 0. The SMILES string of the molecule is Cc1ccc(C#N)cc1Nc1cc(F)ccc1N. The molecule has 90 valence electrons. The van der Waals surface area contributed by atoms with Gasteiger partial charge in [0.1, 0.15) is 5.82 Å². The Hall–Kier alpha value is -2.54. The van der Waals surface area contributed by atoms with Gasteiger partial charge in [0, 0.05) is 5.69 Å². The van der Waals surface area contributed by atoms with Crippen LogP contribution in [0.4, 0.5) is 21.5 Å².